The molecule has 1 N–H and O–H groups in total. The zero-order valence-corrected chi connectivity index (χ0v) is 20.8. The number of fused-ring (bicyclic) bond motifs is 1. The fourth-order valence-corrected chi connectivity index (χ4v) is 5.11. The summed E-state index contributed by atoms with van der Waals surface area (Å²) in [5.74, 6) is 7.19. The Bertz CT molecular complexity index is 1550. The second-order valence-corrected chi connectivity index (χ2v) is 9.88. The van der Waals surface area contributed by atoms with Crippen LogP contribution in [-0.4, -0.2) is 44.7 Å². The number of nitrogens with zero attached hydrogens (tertiary/aromatic N) is 3. The molecule has 0 saturated heterocycles. The number of hydrogen-bond acceptors (Lipinski definition) is 8. The van der Waals surface area contributed by atoms with Gasteiger partial charge in [-0.1, -0.05) is 17.0 Å². The fraction of sp³-hybridized carbons (Fsp3) is 0.280. The minimum atomic E-state index is -4.21. The Morgan fingerprint density at radius 3 is 2.42 bits per heavy atom. The third-order valence-corrected chi connectivity index (χ3v) is 7.08. The summed E-state index contributed by atoms with van der Waals surface area (Å²) in [4.78, 5) is -0.171. The van der Waals surface area contributed by atoms with Crippen LogP contribution in [0.3, 0.4) is 0 Å². The minimum Gasteiger partial charge on any atom is -0.496 e. The van der Waals surface area contributed by atoms with Gasteiger partial charge in [-0.3, -0.25) is 9.40 Å². The SMILES string of the molecule is COc1cc(C#CC2CC2)cc(OC)c1S(=O)(=O)Nc1noc2cc(Cn3cccn3)cc(OC)c12. The van der Waals surface area contributed by atoms with Crippen LogP contribution in [0.4, 0.5) is 5.82 Å². The largest absolute Gasteiger partial charge is 0.496 e. The molecular weight excluding hydrogens is 484 g/mol. The Balaban J connectivity index is 1.52. The van der Waals surface area contributed by atoms with E-state index >= 15 is 0 Å². The molecule has 2 aromatic carbocycles. The summed E-state index contributed by atoms with van der Waals surface area (Å²) < 4.78 is 53.1. The molecule has 1 aliphatic rings. The monoisotopic (exact) mass is 508 g/mol. The van der Waals surface area contributed by atoms with E-state index in [-0.39, 0.29) is 22.2 Å². The summed E-state index contributed by atoms with van der Waals surface area (Å²) in [7, 11) is 0.0597. The van der Waals surface area contributed by atoms with Crippen LogP contribution in [0.15, 0.2) is 52.1 Å². The van der Waals surface area contributed by atoms with Crippen LogP contribution in [0.5, 0.6) is 17.2 Å². The Hall–Kier alpha value is -4.17. The van der Waals surface area contributed by atoms with E-state index in [1.165, 1.54) is 21.3 Å². The average Bonchev–Trinajstić information content (AvgIpc) is 3.42. The van der Waals surface area contributed by atoms with Crippen molar-refractivity contribution >= 4 is 26.8 Å². The zero-order valence-electron chi connectivity index (χ0n) is 19.9. The molecule has 1 fully saturated rings. The van der Waals surface area contributed by atoms with E-state index < -0.39 is 10.0 Å². The quantitative estimate of drug-likeness (QED) is 0.358. The Morgan fingerprint density at radius 1 is 1.08 bits per heavy atom. The van der Waals surface area contributed by atoms with Gasteiger partial charge in [0.05, 0.1) is 27.9 Å². The third-order valence-electron chi connectivity index (χ3n) is 5.68. The molecule has 2 heterocycles. The topological polar surface area (TPSA) is 118 Å². The summed E-state index contributed by atoms with van der Waals surface area (Å²) in [5, 5.41) is 8.55. The van der Waals surface area contributed by atoms with E-state index in [9.17, 15) is 8.42 Å². The van der Waals surface area contributed by atoms with Gasteiger partial charge >= 0.3 is 0 Å². The number of nitrogens with one attached hydrogen (secondary N) is 1. The van der Waals surface area contributed by atoms with Crippen LogP contribution in [0.2, 0.25) is 0 Å². The highest BCUT2D eigenvalue weighted by atomic mass is 32.2. The summed E-state index contributed by atoms with van der Waals surface area (Å²) in [5.41, 5.74) is 1.81. The number of aromatic nitrogens is 3. The average molecular weight is 509 g/mol. The molecule has 5 rings (SSSR count). The van der Waals surface area contributed by atoms with Crippen LogP contribution in [0.25, 0.3) is 11.0 Å². The van der Waals surface area contributed by atoms with Crippen molar-refractivity contribution in [3.05, 3.63) is 53.9 Å². The lowest BCUT2D eigenvalue weighted by Crippen LogP contribution is -2.16. The van der Waals surface area contributed by atoms with Gasteiger partial charge in [0.25, 0.3) is 10.0 Å². The van der Waals surface area contributed by atoms with Crippen molar-refractivity contribution < 1.29 is 27.2 Å². The van der Waals surface area contributed by atoms with Crippen LogP contribution in [0.1, 0.15) is 24.0 Å². The van der Waals surface area contributed by atoms with Gasteiger partial charge in [0.1, 0.15) is 22.6 Å². The van der Waals surface area contributed by atoms with Gasteiger partial charge in [-0.25, -0.2) is 8.42 Å². The molecule has 0 bridgehead atoms. The molecule has 0 radical (unpaired) electrons. The first kappa shape index (κ1) is 23.6. The van der Waals surface area contributed by atoms with E-state index in [4.69, 9.17) is 18.7 Å². The number of methoxy groups -OCH3 is 3. The fourth-order valence-electron chi connectivity index (χ4n) is 3.80. The molecule has 4 aromatic rings. The number of benzene rings is 2. The van der Waals surface area contributed by atoms with Crippen LogP contribution < -0.4 is 18.9 Å². The molecule has 0 aliphatic heterocycles. The van der Waals surface area contributed by atoms with Crippen molar-refractivity contribution in [1.82, 2.24) is 14.9 Å². The number of anilines is 1. The van der Waals surface area contributed by atoms with E-state index in [2.05, 4.69) is 26.8 Å². The van der Waals surface area contributed by atoms with Gasteiger partial charge in [-0.05, 0) is 48.7 Å². The predicted octanol–water partition coefficient (Wildman–Crippen LogP) is 3.66. The Kier molecular flexibility index (Phi) is 6.20. The molecule has 0 atom stereocenters. The number of ether oxygens (including phenoxy) is 3. The Labute approximate surface area is 208 Å². The third kappa shape index (κ3) is 4.67. The molecule has 11 heteroatoms. The van der Waals surface area contributed by atoms with Crippen molar-refractivity contribution in [2.75, 3.05) is 26.1 Å². The molecule has 2 aromatic heterocycles. The van der Waals surface area contributed by atoms with E-state index in [0.717, 1.165) is 18.4 Å². The Morgan fingerprint density at radius 2 is 1.81 bits per heavy atom. The van der Waals surface area contributed by atoms with E-state index in [1.54, 1.807) is 35.1 Å². The lowest BCUT2D eigenvalue weighted by molar-refractivity contribution is 0.373. The van der Waals surface area contributed by atoms with Gasteiger partial charge in [-0.15, -0.1) is 0 Å². The van der Waals surface area contributed by atoms with Gasteiger partial charge in [0.2, 0.25) is 0 Å². The van der Waals surface area contributed by atoms with Crippen LogP contribution in [-0.2, 0) is 16.6 Å². The highest BCUT2D eigenvalue weighted by Crippen LogP contribution is 2.39. The lowest BCUT2D eigenvalue weighted by Gasteiger charge is -2.15. The van der Waals surface area contributed by atoms with Gasteiger partial charge in [0.15, 0.2) is 16.3 Å². The first-order chi connectivity index (χ1) is 17.4. The lowest BCUT2D eigenvalue weighted by atomic mass is 10.1. The zero-order chi connectivity index (χ0) is 25.3. The molecular formula is C25H24N4O6S. The minimum absolute atomic E-state index is 0.0193. The predicted molar refractivity (Wildman–Crippen MR) is 132 cm³/mol. The van der Waals surface area contributed by atoms with Gasteiger partial charge in [-0.2, -0.15) is 5.10 Å². The normalized spacial score (nSPS) is 13.2. The smallest absolute Gasteiger partial charge is 0.270 e. The number of hydrogen-bond donors (Lipinski definition) is 1. The maximum Gasteiger partial charge on any atom is 0.270 e. The van der Waals surface area contributed by atoms with Gasteiger partial charge in [0, 0.05) is 23.9 Å². The molecule has 10 nitrogen and oxygen atoms in total. The van der Waals surface area contributed by atoms with E-state index in [1.807, 2.05) is 12.3 Å². The molecule has 0 spiro atoms. The summed E-state index contributed by atoms with van der Waals surface area (Å²) >= 11 is 0. The van der Waals surface area contributed by atoms with Crippen molar-refractivity contribution in [2.24, 2.45) is 5.92 Å². The molecule has 186 valence electrons. The maximum absolute atomic E-state index is 13.5. The van der Waals surface area contributed by atoms with Crippen molar-refractivity contribution in [3.8, 4) is 29.1 Å². The summed E-state index contributed by atoms with van der Waals surface area (Å²) in [6, 6.07) is 8.53. The summed E-state index contributed by atoms with van der Waals surface area (Å²) in [6.45, 7) is 0.478. The standard InChI is InChI=1S/C25H24N4O6S/c1-32-19-13-18(15-29-10-4-9-26-29)14-20-23(19)25(27-35-20)28-36(30,31)24-21(33-2)11-17(12-22(24)34-3)8-7-16-5-6-16/h4,9-14,16H,5-6,15H2,1-3H3,(H,27,28). The van der Waals surface area contributed by atoms with Crippen molar-refractivity contribution in [1.29, 1.82) is 0 Å². The maximum atomic E-state index is 13.5. The highest BCUT2D eigenvalue weighted by Gasteiger charge is 2.29. The van der Waals surface area contributed by atoms with Crippen molar-refractivity contribution in [2.45, 2.75) is 24.3 Å². The van der Waals surface area contributed by atoms with Gasteiger partial charge < -0.3 is 18.7 Å². The molecule has 1 aliphatic carbocycles. The second kappa shape index (κ2) is 9.47. The number of sulfonamides is 1. The van der Waals surface area contributed by atoms with Crippen LogP contribution in [0, 0.1) is 17.8 Å². The highest BCUT2D eigenvalue weighted by molar-refractivity contribution is 7.93. The molecule has 36 heavy (non-hydrogen) atoms. The molecule has 0 amide bonds. The number of rotatable bonds is 8. The van der Waals surface area contributed by atoms with Crippen molar-refractivity contribution in [3.63, 3.8) is 0 Å². The van der Waals surface area contributed by atoms with Crippen LogP contribution >= 0.6 is 0 Å². The second-order valence-electron chi connectivity index (χ2n) is 8.27. The van der Waals surface area contributed by atoms with E-state index in [0.29, 0.717) is 34.7 Å². The molecule has 1 saturated carbocycles. The first-order valence-electron chi connectivity index (χ1n) is 11.2. The first-order valence-corrected chi connectivity index (χ1v) is 12.6. The summed E-state index contributed by atoms with van der Waals surface area (Å²) in [6.07, 6.45) is 5.68. The molecule has 0 unspecified atom stereocenters.